The highest BCUT2D eigenvalue weighted by Crippen LogP contribution is 2.33. The summed E-state index contributed by atoms with van der Waals surface area (Å²) in [6.07, 6.45) is 4.05. The Bertz CT molecular complexity index is 1030. The molecule has 1 fully saturated rings. The van der Waals surface area contributed by atoms with Gasteiger partial charge >= 0.3 is 0 Å². The molecule has 0 bridgehead atoms. The minimum absolute atomic E-state index is 0.256. The molecule has 1 amide bonds. The van der Waals surface area contributed by atoms with Gasteiger partial charge in [0.15, 0.2) is 0 Å². The number of anilines is 1. The summed E-state index contributed by atoms with van der Waals surface area (Å²) in [7, 11) is 0. The van der Waals surface area contributed by atoms with E-state index in [4.69, 9.17) is 0 Å². The van der Waals surface area contributed by atoms with Crippen molar-refractivity contribution in [1.82, 2.24) is 4.90 Å². The van der Waals surface area contributed by atoms with Gasteiger partial charge in [-0.3, -0.25) is 9.69 Å². The maximum atomic E-state index is 13.1. The molecule has 0 radical (unpaired) electrons. The lowest BCUT2D eigenvalue weighted by molar-refractivity contribution is -0.119. The largest absolute Gasteiger partial charge is 0.309 e. The number of hydrogen-bond acceptors (Lipinski definition) is 2. The molecule has 148 valence electrons. The van der Waals surface area contributed by atoms with Crippen molar-refractivity contribution >= 4 is 22.4 Å². The average Bonchev–Trinajstić information content (AvgIpc) is 3.52. The highest BCUT2D eigenvalue weighted by Gasteiger charge is 2.33. The number of rotatable bonds is 6. The minimum atomic E-state index is 0.256. The molecule has 0 spiro atoms. The Labute approximate surface area is 172 Å². The van der Waals surface area contributed by atoms with Crippen LogP contribution in [0.15, 0.2) is 66.7 Å². The molecule has 1 atom stereocenters. The van der Waals surface area contributed by atoms with Crippen LogP contribution in [0.3, 0.4) is 0 Å². The summed E-state index contributed by atoms with van der Waals surface area (Å²) in [5.74, 6) is 0.256. The Morgan fingerprint density at radius 2 is 1.76 bits per heavy atom. The molecule has 1 aliphatic carbocycles. The van der Waals surface area contributed by atoms with Crippen molar-refractivity contribution in [2.24, 2.45) is 0 Å². The SMILES string of the molecule is CC1Cc2ccccc2N1C(=O)CCN(Cc1cccc2ccccc12)C1CC1. The molecule has 1 heterocycles. The van der Waals surface area contributed by atoms with Gasteiger partial charge in [-0.25, -0.2) is 0 Å². The normalized spacial score (nSPS) is 18.4. The van der Waals surface area contributed by atoms with Crippen molar-refractivity contribution in [1.29, 1.82) is 0 Å². The van der Waals surface area contributed by atoms with Crippen molar-refractivity contribution < 1.29 is 4.79 Å². The van der Waals surface area contributed by atoms with Crippen molar-refractivity contribution in [2.45, 2.75) is 51.2 Å². The maximum Gasteiger partial charge on any atom is 0.228 e. The Balaban J connectivity index is 1.30. The first-order valence-electron chi connectivity index (χ1n) is 10.8. The molecule has 0 N–H and O–H groups in total. The molecule has 0 saturated heterocycles. The van der Waals surface area contributed by atoms with Gasteiger partial charge in [0.2, 0.25) is 5.91 Å². The van der Waals surface area contributed by atoms with E-state index in [1.165, 1.54) is 34.7 Å². The fourth-order valence-electron chi connectivity index (χ4n) is 4.78. The quantitative estimate of drug-likeness (QED) is 0.585. The molecule has 1 unspecified atom stereocenters. The second kappa shape index (κ2) is 7.64. The van der Waals surface area contributed by atoms with Crippen LogP contribution in [0.25, 0.3) is 10.8 Å². The molecule has 0 aromatic heterocycles. The highest BCUT2D eigenvalue weighted by molar-refractivity contribution is 5.96. The fraction of sp³-hybridized carbons (Fsp3) is 0.346. The van der Waals surface area contributed by atoms with E-state index in [-0.39, 0.29) is 11.9 Å². The number of carbonyl (C=O) groups excluding carboxylic acids is 1. The molecule has 1 aliphatic heterocycles. The molecule has 3 aromatic rings. The first-order chi connectivity index (χ1) is 14.2. The second-order valence-electron chi connectivity index (χ2n) is 8.54. The average molecular weight is 385 g/mol. The van der Waals surface area contributed by atoms with Crippen molar-refractivity contribution in [3.63, 3.8) is 0 Å². The summed E-state index contributed by atoms with van der Waals surface area (Å²) in [5, 5.41) is 2.62. The van der Waals surface area contributed by atoms with Crippen LogP contribution in [0.4, 0.5) is 5.69 Å². The van der Waals surface area contributed by atoms with Crippen LogP contribution in [-0.4, -0.2) is 29.4 Å². The molecule has 1 saturated carbocycles. The van der Waals surface area contributed by atoms with Gasteiger partial charge in [0.05, 0.1) is 0 Å². The molecule has 29 heavy (non-hydrogen) atoms. The van der Waals surface area contributed by atoms with Gasteiger partial charge in [-0.1, -0.05) is 60.7 Å². The Morgan fingerprint density at radius 3 is 2.62 bits per heavy atom. The lowest BCUT2D eigenvalue weighted by atomic mass is 10.0. The molecular formula is C26H28N2O. The van der Waals surface area contributed by atoms with E-state index in [0.717, 1.165) is 25.2 Å². The van der Waals surface area contributed by atoms with Gasteiger partial charge in [-0.2, -0.15) is 0 Å². The third kappa shape index (κ3) is 3.67. The Hall–Kier alpha value is -2.65. The van der Waals surface area contributed by atoms with Gasteiger partial charge in [-0.15, -0.1) is 0 Å². The van der Waals surface area contributed by atoms with Crippen LogP contribution in [0.2, 0.25) is 0 Å². The maximum absolute atomic E-state index is 13.1. The van der Waals surface area contributed by atoms with Gasteiger partial charge < -0.3 is 4.90 Å². The summed E-state index contributed by atoms with van der Waals surface area (Å²) >= 11 is 0. The predicted octanol–water partition coefficient (Wildman–Crippen LogP) is 5.17. The van der Waals surface area contributed by atoms with Crippen molar-refractivity contribution in [2.75, 3.05) is 11.4 Å². The number of hydrogen-bond donors (Lipinski definition) is 0. The number of carbonyl (C=O) groups is 1. The van der Waals surface area contributed by atoms with E-state index in [1.807, 2.05) is 11.0 Å². The monoisotopic (exact) mass is 384 g/mol. The van der Waals surface area contributed by atoms with E-state index in [2.05, 4.69) is 72.5 Å². The number of amides is 1. The lowest BCUT2D eigenvalue weighted by Crippen LogP contribution is -2.38. The molecule has 3 heteroatoms. The van der Waals surface area contributed by atoms with Gasteiger partial charge in [-0.05, 0) is 54.2 Å². The van der Waals surface area contributed by atoms with Crippen LogP contribution >= 0.6 is 0 Å². The molecular weight excluding hydrogens is 356 g/mol. The topological polar surface area (TPSA) is 23.6 Å². The smallest absolute Gasteiger partial charge is 0.228 e. The van der Waals surface area contributed by atoms with E-state index in [0.29, 0.717) is 12.5 Å². The third-order valence-electron chi connectivity index (χ3n) is 6.41. The number of para-hydroxylation sites is 1. The standard InChI is InChI=1S/C26H28N2O/c1-19-17-21-8-3-5-12-25(21)28(19)26(29)15-16-27(23-13-14-23)18-22-10-6-9-20-7-2-4-11-24(20)22/h2-12,19,23H,13-18H2,1H3. The van der Waals surface area contributed by atoms with Gasteiger partial charge in [0.25, 0.3) is 0 Å². The fourth-order valence-corrected chi connectivity index (χ4v) is 4.78. The van der Waals surface area contributed by atoms with E-state index in [9.17, 15) is 4.79 Å². The van der Waals surface area contributed by atoms with E-state index < -0.39 is 0 Å². The molecule has 3 aromatic carbocycles. The summed E-state index contributed by atoms with van der Waals surface area (Å²) < 4.78 is 0. The molecule has 2 aliphatic rings. The zero-order chi connectivity index (χ0) is 19.8. The van der Waals surface area contributed by atoms with E-state index in [1.54, 1.807) is 0 Å². The molecule has 3 nitrogen and oxygen atoms in total. The van der Waals surface area contributed by atoms with Crippen LogP contribution in [0.5, 0.6) is 0 Å². The minimum Gasteiger partial charge on any atom is -0.309 e. The van der Waals surface area contributed by atoms with Crippen molar-refractivity contribution in [3.05, 3.63) is 77.9 Å². The number of nitrogens with zero attached hydrogens (tertiary/aromatic N) is 2. The first kappa shape index (κ1) is 18.4. The van der Waals surface area contributed by atoms with Crippen LogP contribution in [0, 0.1) is 0 Å². The summed E-state index contributed by atoms with van der Waals surface area (Å²) in [5.41, 5.74) is 3.77. The van der Waals surface area contributed by atoms with Crippen LogP contribution in [-0.2, 0) is 17.8 Å². The number of fused-ring (bicyclic) bond motifs is 2. The zero-order valence-corrected chi connectivity index (χ0v) is 17.1. The summed E-state index contributed by atoms with van der Waals surface area (Å²) in [6, 6.07) is 24.4. The van der Waals surface area contributed by atoms with Crippen LogP contribution < -0.4 is 4.90 Å². The predicted molar refractivity (Wildman–Crippen MR) is 119 cm³/mol. The highest BCUT2D eigenvalue weighted by atomic mass is 16.2. The van der Waals surface area contributed by atoms with Gasteiger partial charge in [0, 0.05) is 37.3 Å². The van der Waals surface area contributed by atoms with E-state index >= 15 is 0 Å². The lowest BCUT2D eigenvalue weighted by Gasteiger charge is -2.26. The summed E-state index contributed by atoms with van der Waals surface area (Å²) in [4.78, 5) is 17.7. The summed E-state index contributed by atoms with van der Waals surface area (Å²) in [6.45, 7) is 3.91. The first-order valence-corrected chi connectivity index (χ1v) is 10.8. The Kier molecular flexibility index (Phi) is 4.84. The Morgan fingerprint density at radius 1 is 1.00 bits per heavy atom. The third-order valence-corrected chi connectivity index (χ3v) is 6.41. The molecule has 5 rings (SSSR count). The number of benzene rings is 3. The second-order valence-corrected chi connectivity index (χ2v) is 8.54. The van der Waals surface area contributed by atoms with Crippen molar-refractivity contribution in [3.8, 4) is 0 Å². The zero-order valence-electron chi connectivity index (χ0n) is 17.1. The van der Waals surface area contributed by atoms with Crippen LogP contribution in [0.1, 0.15) is 37.3 Å². The van der Waals surface area contributed by atoms with Gasteiger partial charge in [0.1, 0.15) is 0 Å².